The smallest absolute Gasteiger partial charge is 0.144 e. The van der Waals surface area contributed by atoms with Gasteiger partial charge < -0.3 is 4.57 Å². The summed E-state index contributed by atoms with van der Waals surface area (Å²) < 4.78 is 2.42. The molecule has 0 radical (unpaired) electrons. The number of aryl methyl sites for hydroxylation is 1. The van der Waals surface area contributed by atoms with Gasteiger partial charge in [-0.25, -0.2) is 0 Å². The van der Waals surface area contributed by atoms with Crippen molar-refractivity contribution in [2.75, 3.05) is 0 Å². The van der Waals surface area contributed by atoms with Gasteiger partial charge in [-0.2, -0.15) is 0 Å². The lowest BCUT2D eigenvalue weighted by Crippen LogP contribution is -2.24. The lowest BCUT2D eigenvalue weighted by atomic mass is 9.90. The first-order chi connectivity index (χ1) is 9.14. The highest BCUT2D eigenvalue weighted by Gasteiger charge is 2.36. The van der Waals surface area contributed by atoms with Gasteiger partial charge in [-0.1, -0.05) is 13.0 Å². The van der Waals surface area contributed by atoms with E-state index in [4.69, 9.17) is 0 Å². The number of nitrogens with zero attached hydrogens (tertiary/aromatic N) is 3. The van der Waals surface area contributed by atoms with Crippen molar-refractivity contribution in [2.45, 2.75) is 57.9 Å². The van der Waals surface area contributed by atoms with Gasteiger partial charge in [-0.05, 0) is 44.6 Å². The van der Waals surface area contributed by atoms with Crippen LogP contribution < -0.4 is 0 Å². The summed E-state index contributed by atoms with van der Waals surface area (Å²) in [5.74, 6) is 2.31. The number of hydrogen-bond donors (Lipinski definition) is 0. The first-order valence-corrected chi connectivity index (χ1v) is 8.00. The molecule has 19 heavy (non-hydrogen) atoms. The molecule has 2 aromatic heterocycles. The van der Waals surface area contributed by atoms with Gasteiger partial charge in [0, 0.05) is 17.3 Å². The highest BCUT2D eigenvalue weighted by molar-refractivity contribution is 7.10. The number of hydrogen-bond acceptors (Lipinski definition) is 3. The Kier molecular flexibility index (Phi) is 3.21. The second-order valence-electron chi connectivity index (χ2n) is 5.89. The summed E-state index contributed by atoms with van der Waals surface area (Å²) in [5, 5.41) is 11.1. The monoisotopic (exact) mass is 275 g/mol. The molecule has 0 saturated heterocycles. The Bertz CT molecular complexity index is 550. The Labute approximate surface area is 118 Å². The van der Waals surface area contributed by atoms with E-state index in [9.17, 15) is 0 Å². The van der Waals surface area contributed by atoms with E-state index < -0.39 is 0 Å². The van der Waals surface area contributed by atoms with Crippen LogP contribution in [0.5, 0.6) is 0 Å². The van der Waals surface area contributed by atoms with E-state index in [-0.39, 0.29) is 5.41 Å². The summed E-state index contributed by atoms with van der Waals surface area (Å²) in [4.78, 5) is 1.37. The average molecular weight is 275 g/mol. The summed E-state index contributed by atoms with van der Waals surface area (Å²) in [6.07, 6.45) is 4.72. The zero-order chi connectivity index (χ0) is 13.5. The second kappa shape index (κ2) is 4.75. The third-order valence-electron chi connectivity index (χ3n) is 3.85. The standard InChI is InChI=1S/C15H21N3S/c1-4-6-13-16-17-14(18(13)11-8-9-11)15(2,3)12-7-5-10-19-12/h5,7,10-11H,4,6,8-9H2,1-3H3. The van der Waals surface area contributed by atoms with Gasteiger partial charge in [-0.15, -0.1) is 21.5 Å². The molecule has 0 bridgehead atoms. The van der Waals surface area contributed by atoms with Gasteiger partial charge in [0.05, 0.1) is 5.41 Å². The molecule has 1 aliphatic carbocycles. The Hall–Kier alpha value is -1.16. The predicted molar refractivity (Wildman–Crippen MR) is 78.7 cm³/mol. The molecule has 0 amide bonds. The molecule has 0 unspecified atom stereocenters. The quantitative estimate of drug-likeness (QED) is 0.827. The van der Waals surface area contributed by atoms with Crippen LogP contribution in [-0.4, -0.2) is 14.8 Å². The van der Waals surface area contributed by atoms with E-state index >= 15 is 0 Å². The molecular formula is C15H21N3S. The summed E-state index contributed by atoms with van der Waals surface area (Å²) in [6.45, 7) is 6.73. The minimum atomic E-state index is -0.0459. The van der Waals surface area contributed by atoms with Crippen molar-refractivity contribution >= 4 is 11.3 Å². The zero-order valence-electron chi connectivity index (χ0n) is 11.9. The Morgan fingerprint density at radius 1 is 1.37 bits per heavy atom. The van der Waals surface area contributed by atoms with Gasteiger partial charge in [-0.3, -0.25) is 0 Å². The Balaban J connectivity index is 2.05. The molecule has 3 nitrogen and oxygen atoms in total. The summed E-state index contributed by atoms with van der Waals surface area (Å²) >= 11 is 1.81. The van der Waals surface area contributed by atoms with Gasteiger partial charge in [0.25, 0.3) is 0 Å². The maximum Gasteiger partial charge on any atom is 0.144 e. The fourth-order valence-electron chi connectivity index (χ4n) is 2.60. The van der Waals surface area contributed by atoms with Gasteiger partial charge in [0.2, 0.25) is 0 Å². The molecule has 102 valence electrons. The molecule has 2 heterocycles. The third kappa shape index (κ3) is 2.22. The van der Waals surface area contributed by atoms with Crippen LogP contribution in [-0.2, 0) is 11.8 Å². The molecular weight excluding hydrogens is 254 g/mol. The lowest BCUT2D eigenvalue weighted by molar-refractivity contribution is 0.532. The third-order valence-corrected chi connectivity index (χ3v) is 5.04. The zero-order valence-corrected chi connectivity index (χ0v) is 12.7. The first kappa shape index (κ1) is 12.9. The molecule has 2 aromatic rings. The van der Waals surface area contributed by atoms with E-state index in [1.807, 2.05) is 11.3 Å². The first-order valence-electron chi connectivity index (χ1n) is 7.12. The molecule has 0 N–H and O–H groups in total. The van der Waals surface area contributed by atoms with Gasteiger partial charge >= 0.3 is 0 Å². The van der Waals surface area contributed by atoms with Gasteiger partial charge in [0.15, 0.2) is 0 Å². The Morgan fingerprint density at radius 3 is 2.74 bits per heavy atom. The molecule has 3 rings (SSSR count). The molecule has 4 heteroatoms. The van der Waals surface area contributed by atoms with E-state index in [1.54, 1.807) is 0 Å². The van der Waals surface area contributed by atoms with Crippen LogP contribution in [0.4, 0.5) is 0 Å². The number of rotatable bonds is 5. The van der Waals surface area contributed by atoms with Crippen LogP contribution in [0, 0.1) is 0 Å². The molecule has 1 saturated carbocycles. The highest BCUT2D eigenvalue weighted by Crippen LogP contribution is 2.41. The minimum Gasteiger partial charge on any atom is -0.311 e. The van der Waals surface area contributed by atoms with E-state index in [0.717, 1.165) is 18.7 Å². The largest absolute Gasteiger partial charge is 0.311 e. The number of aromatic nitrogens is 3. The van der Waals surface area contributed by atoms with Crippen molar-refractivity contribution < 1.29 is 0 Å². The van der Waals surface area contributed by atoms with E-state index in [2.05, 4.69) is 53.0 Å². The fraction of sp³-hybridized carbons (Fsp3) is 0.600. The van der Waals surface area contributed by atoms with Crippen molar-refractivity contribution in [3.8, 4) is 0 Å². The molecule has 1 fully saturated rings. The van der Waals surface area contributed by atoms with Crippen molar-refractivity contribution in [3.05, 3.63) is 34.0 Å². The summed E-state index contributed by atoms with van der Waals surface area (Å²) in [5.41, 5.74) is -0.0459. The highest BCUT2D eigenvalue weighted by atomic mass is 32.1. The lowest BCUT2D eigenvalue weighted by Gasteiger charge is -2.23. The average Bonchev–Trinajstić information content (AvgIpc) is 2.93. The maximum atomic E-state index is 4.54. The van der Waals surface area contributed by atoms with E-state index in [0.29, 0.717) is 6.04 Å². The van der Waals surface area contributed by atoms with Gasteiger partial charge in [0.1, 0.15) is 11.6 Å². The summed E-state index contributed by atoms with van der Waals surface area (Å²) in [6, 6.07) is 4.97. The maximum absolute atomic E-state index is 4.54. The van der Waals surface area contributed by atoms with Crippen molar-refractivity contribution in [2.24, 2.45) is 0 Å². The van der Waals surface area contributed by atoms with Crippen molar-refractivity contribution in [1.82, 2.24) is 14.8 Å². The van der Waals surface area contributed by atoms with Crippen LogP contribution >= 0.6 is 11.3 Å². The topological polar surface area (TPSA) is 30.7 Å². The minimum absolute atomic E-state index is 0.0459. The SMILES string of the molecule is CCCc1nnc(C(C)(C)c2cccs2)n1C1CC1. The van der Waals surface area contributed by atoms with Crippen LogP contribution in [0.2, 0.25) is 0 Å². The van der Waals surface area contributed by atoms with Crippen molar-refractivity contribution in [1.29, 1.82) is 0 Å². The summed E-state index contributed by atoms with van der Waals surface area (Å²) in [7, 11) is 0. The van der Waals surface area contributed by atoms with Crippen LogP contribution in [0.15, 0.2) is 17.5 Å². The van der Waals surface area contributed by atoms with Crippen LogP contribution in [0.1, 0.15) is 62.6 Å². The van der Waals surface area contributed by atoms with Crippen LogP contribution in [0.3, 0.4) is 0 Å². The predicted octanol–water partition coefficient (Wildman–Crippen LogP) is 3.95. The molecule has 1 aliphatic rings. The Morgan fingerprint density at radius 2 is 2.16 bits per heavy atom. The fourth-order valence-corrected chi connectivity index (χ4v) is 3.45. The molecule has 0 atom stereocenters. The van der Waals surface area contributed by atoms with E-state index in [1.165, 1.54) is 23.5 Å². The molecule has 0 spiro atoms. The van der Waals surface area contributed by atoms with Crippen LogP contribution in [0.25, 0.3) is 0 Å². The normalized spacial score (nSPS) is 15.9. The van der Waals surface area contributed by atoms with Crippen molar-refractivity contribution in [3.63, 3.8) is 0 Å². The molecule has 0 aromatic carbocycles. The second-order valence-corrected chi connectivity index (χ2v) is 6.84. The molecule has 0 aliphatic heterocycles. The number of thiophene rings is 1.